The molecular formula is C16H21NO3. The molecule has 1 aromatic rings. The maximum absolute atomic E-state index is 11.4. The fourth-order valence-electron chi connectivity index (χ4n) is 3.20. The molecule has 0 amide bonds. The lowest BCUT2D eigenvalue weighted by atomic mass is 9.89. The average molecular weight is 275 g/mol. The summed E-state index contributed by atoms with van der Waals surface area (Å²) in [6.07, 6.45) is 7.35. The van der Waals surface area contributed by atoms with Gasteiger partial charge in [0, 0.05) is 5.69 Å². The molecule has 2 aliphatic carbocycles. The van der Waals surface area contributed by atoms with Gasteiger partial charge in [-0.15, -0.1) is 0 Å². The first-order valence-corrected chi connectivity index (χ1v) is 7.56. The number of pyridine rings is 1. The fourth-order valence-corrected chi connectivity index (χ4v) is 3.20. The summed E-state index contributed by atoms with van der Waals surface area (Å²) in [6, 6.07) is 1.76. The zero-order valence-electron chi connectivity index (χ0n) is 11.9. The summed E-state index contributed by atoms with van der Waals surface area (Å²) in [7, 11) is 0. The first-order chi connectivity index (χ1) is 9.63. The minimum atomic E-state index is -0.939. The van der Waals surface area contributed by atoms with Crippen molar-refractivity contribution in [3.05, 3.63) is 22.9 Å². The number of aryl methyl sites for hydroxylation is 2. The Morgan fingerprint density at radius 1 is 1.30 bits per heavy atom. The molecule has 1 heterocycles. The molecule has 0 radical (unpaired) electrons. The molecule has 0 atom stereocenters. The van der Waals surface area contributed by atoms with Gasteiger partial charge < -0.3 is 9.84 Å². The smallest absolute Gasteiger partial charge is 0.341 e. The molecule has 108 valence electrons. The highest BCUT2D eigenvalue weighted by molar-refractivity contribution is 5.90. The van der Waals surface area contributed by atoms with Crippen LogP contribution in [-0.4, -0.2) is 22.2 Å². The number of aromatic nitrogens is 1. The molecule has 3 rings (SSSR count). The molecular weight excluding hydrogens is 254 g/mol. The van der Waals surface area contributed by atoms with Crippen molar-refractivity contribution in [2.75, 3.05) is 0 Å². The Kier molecular flexibility index (Phi) is 3.64. The monoisotopic (exact) mass is 275 g/mol. The van der Waals surface area contributed by atoms with Crippen LogP contribution in [0.25, 0.3) is 0 Å². The second-order valence-electron chi connectivity index (χ2n) is 6.11. The lowest BCUT2D eigenvalue weighted by Gasteiger charge is -2.27. The van der Waals surface area contributed by atoms with E-state index in [9.17, 15) is 9.90 Å². The van der Waals surface area contributed by atoms with Crippen molar-refractivity contribution >= 4 is 5.97 Å². The predicted molar refractivity (Wildman–Crippen MR) is 75.3 cm³/mol. The highest BCUT2D eigenvalue weighted by atomic mass is 16.5. The van der Waals surface area contributed by atoms with Gasteiger partial charge in [-0.05, 0) is 62.5 Å². The molecule has 1 saturated carbocycles. The minimum absolute atomic E-state index is 0.122. The summed E-state index contributed by atoms with van der Waals surface area (Å²) in [5, 5.41) is 9.35. The topological polar surface area (TPSA) is 59.4 Å². The number of nitrogens with zero attached hydrogens (tertiary/aromatic N) is 1. The molecule has 0 aromatic carbocycles. The highest BCUT2D eigenvalue weighted by Crippen LogP contribution is 2.31. The van der Waals surface area contributed by atoms with Crippen molar-refractivity contribution < 1.29 is 14.6 Å². The third-order valence-corrected chi connectivity index (χ3v) is 4.49. The van der Waals surface area contributed by atoms with E-state index in [0.717, 1.165) is 62.1 Å². The van der Waals surface area contributed by atoms with Gasteiger partial charge in [-0.2, -0.15) is 0 Å². The molecule has 0 unspecified atom stereocenters. The van der Waals surface area contributed by atoms with Crippen molar-refractivity contribution in [2.24, 2.45) is 5.92 Å². The largest absolute Gasteiger partial charge is 0.477 e. The first kappa shape index (κ1) is 13.4. The van der Waals surface area contributed by atoms with E-state index in [1.54, 1.807) is 6.07 Å². The van der Waals surface area contributed by atoms with Crippen molar-refractivity contribution in [2.45, 2.75) is 58.0 Å². The maximum Gasteiger partial charge on any atom is 0.341 e. The van der Waals surface area contributed by atoms with Crippen molar-refractivity contribution in [3.8, 4) is 5.88 Å². The predicted octanol–water partition coefficient (Wildman–Crippen LogP) is 3.23. The van der Waals surface area contributed by atoms with Gasteiger partial charge in [0.05, 0.1) is 0 Å². The Morgan fingerprint density at radius 3 is 2.75 bits per heavy atom. The normalized spacial score (nSPS) is 25.2. The van der Waals surface area contributed by atoms with Gasteiger partial charge in [0.15, 0.2) is 0 Å². The molecule has 0 bridgehead atoms. The Morgan fingerprint density at radius 2 is 2.05 bits per heavy atom. The zero-order chi connectivity index (χ0) is 14.1. The molecule has 20 heavy (non-hydrogen) atoms. The van der Waals surface area contributed by atoms with Crippen LogP contribution < -0.4 is 4.74 Å². The molecule has 1 N–H and O–H groups in total. The van der Waals surface area contributed by atoms with Crippen molar-refractivity contribution in [1.82, 2.24) is 4.98 Å². The quantitative estimate of drug-likeness (QED) is 0.920. The van der Waals surface area contributed by atoms with Crippen LogP contribution in [0.2, 0.25) is 0 Å². The van der Waals surface area contributed by atoms with E-state index < -0.39 is 5.97 Å². The van der Waals surface area contributed by atoms with E-state index in [-0.39, 0.29) is 11.7 Å². The van der Waals surface area contributed by atoms with Crippen LogP contribution in [0.15, 0.2) is 6.07 Å². The average Bonchev–Trinajstić information content (AvgIpc) is 2.87. The SMILES string of the molecule is CC1CCC(Oc2nc3c(cc2C(=O)O)CCC3)CC1. The summed E-state index contributed by atoms with van der Waals surface area (Å²) >= 11 is 0. The number of carbonyl (C=O) groups is 1. The lowest BCUT2D eigenvalue weighted by molar-refractivity contribution is 0.0681. The minimum Gasteiger partial charge on any atom is -0.477 e. The Labute approximate surface area is 119 Å². The van der Waals surface area contributed by atoms with E-state index in [1.165, 1.54) is 0 Å². The van der Waals surface area contributed by atoms with Crippen LogP contribution in [-0.2, 0) is 12.8 Å². The van der Waals surface area contributed by atoms with Crippen LogP contribution >= 0.6 is 0 Å². The Hall–Kier alpha value is -1.58. The van der Waals surface area contributed by atoms with E-state index in [2.05, 4.69) is 11.9 Å². The van der Waals surface area contributed by atoms with Crippen LogP contribution in [0, 0.1) is 5.92 Å². The number of aromatic carboxylic acids is 1. The summed E-state index contributed by atoms with van der Waals surface area (Å²) in [4.78, 5) is 15.9. The highest BCUT2D eigenvalue weighted by Gasteiger charge is 2.25. The summed E-state index contributed by atoms with van der Waals surface area (Å²) in [6.45, 7) is 2.26. The van der Waals surface area contributed by atoms with Crippen LogP contribution in [0.4, 0.5) is 0 Å². The number of hydrogen-bond donors (Lipinski definition) is 1. The number of ether oxygens (including phenoxy) is 1. The van der Waals surface area contributed by atoms with Gasteiger partial charge in [0.1, 0.15) is 11.7 Å². The molecule has 4 nitrogen and oxygen atoms in total. The molecule has 1 fully saturated rings. The third-order valence-electron chi connectivity index (χ3n) is 4.49. The number of carboxylic acid groups (broad SMARTS) is 1. The van der Waals surface area contributed by atoms with Gasteiger partial charge in [-0.3, -0.25) is 0 Å². The summed E-state index contributed by atoms with van der Waals surface area (Å²) < 4.78 is 5.93. The maximum atomic E-state index is 11.4. The summed E-state index contributed by atoms with van der Waals surface area (Å²) in [5.74, 6) is 0.144. The second kappa shape index (κ2) is 5.43. The number of rotatable bonds is 3. The first-order valence-electron chi connectivity index (χ1n) is 7.56. The number of carboxylic acids is 1. The van der Waals surface area contributed by atoms with Crippen molar-refractivity contribution in [1.29, 1.82) is 0 Å². The van der Waals surface area contributed by atoms with Gasteiger partial charge in [0.25, 0.3) is 0 Å². The summed E-state index contributed by atoms with van der Waals surface area (Å²) in [5.41, 5.74) is 2.32. The van der Waals surface area contributed by atoms with E-state index in [1.807, 2.05) is 0 Å². The molecule has 4 heteroatoms. The molecule has 0 spiro atoms. The number of hydrogen-bond acceptors (Lipinski definition) is 3. The molecule has 0 saturated heterocycles. The van der Waals surface area contributed by atoms with E-state index in [0.29, 0.717) is 5.88 Å². The van der Waals surface area contributed by atoms with Gasteiger partial charge in [0.2, 0.25) is 5.88 Å². The van der Waals surface area contributed by atoms with E-state index in [4.69, 9.17) is 4.74 Å². The van der Waals surface area contributed by atoms with Gasteiger partial charge in [-0.25, -0.2) is 9.78 Å². The van der Waals surface area contributed by atoms with Crippen molar-refractivity contribution in [3.63, 3.8) is 0 Å². The molecule has 1 aromatic heterocycles. The molecule has 0 aliphatic heterocycles. The lowest BCUT2D eigenvalue weighted by Crippen LogP contribution is -2.24. The number of fused-ring (bicyclic) bond motifs is 1. The van der Waals surface area contributed by atoms with Gasteiger partial charge >= 0.3 is 5.97 Å². The second-order valence-corrected chi connectivity index (χ2v) is 6.11. The molecule has 2 aliphatic rings. The Balaban J connectivity index is 1.82. The standard InChI is InChI=1S/C16H21NO3/c1-10-5-7-12(8-6-10)20-15-13(16(18)19)9-11-3-2-4-14(11)17-15/h9-10,12H,2-8H2,1H3,(H,18,19). The van der Waals surface area contributed by atoms with Gasteiger partial charge in [-0.1, -0.05) is 6.92 Å². The van der Waals surface area contributed by atoms with Crippen LogP contribution in [0.5, 0.6) is 5.88 Å². The third kappa shape index (κ3) is 2.65. The zero-order valence-corrected chi connectivity index (χ0v) is 11.9. The Bertz CT molecular complexity index is 519. The fraction of sp³-hybridized carbons (Fsp3) is 0.625. The van der Waals surface area contributed by atoms with Crippen LogP contribution in [0.1, 0.15) is 60.6 Å². The van der Waals surface area contributed by atoms with Crippen LogP contribution in [0.3, 0.4) is 0 Å². The van der Waals surface area contributed by atoms with E-state index >= 15 is 0 Å².